The van der Waals surface area contributed by atoms with Crippen LogP contribution in [0.2, 0.25) is 0 Å². The molecule has 0 bridgehead atoms. The number of allylic oxidation sites excluding steroid dienone is 4. The van der Waals surface area contributed by atoms with Crippen LogP contribution in [-0.4, -0.2) is 39.2 Å². The minimum absolute atomic E-state index is 0.0386. The Labute approximate surface area is 132 Å². The zero-order chi connectivity index (χ0) is 15.9. The van der Waals surface area contributed by atoms with E-state index in [9.17, 15) is 14.4 Å². The Morgan fingerprint density at radius 1 is 1.43 bits per heavy atom. The zero-order valence-corrected chi connectivity index (χ0v) is 13.1. The molecule has 1 heterocycles. The first-order valence-electron chi connectivity index (χ1n) is 6.37. The van der Waals surface area contributed by atoms with E-state index in [0.29, 0.717) is 15.6 Å². The molecule has 0 saturated carbocycles. The van der Waals surface area contributed by atoms with E-state index in [2.05, 4.69) is 0 Å². The third-order valence-electron chi connectivity index (χ3n) is 3.61. The van der Waals surface area contributed by atoms with Crippen molar-refractivity contribution in [2.75, 3.05) is 6.54 Å². The van der Waals surface area contributed by atoms with Gasteiger partial charge in [0.25, 0.3) is 5.91 Å². The first kappa shape index (κ1) is 15.9. The smallest absolute Gasteiger partial charge is 0.339 e. The summed E-state index contributed by atoms with van der Waals surface area (Å²) in [6.07, 6.45) is 3.46. The molecule has 2 rings (SSSR count). The lowest BCUT2D eigenvalue weighted by atomic mass is 9.86. The number of amides is 5. The number of halogens is 2. The van der Waals surface area contributed by atoms with E-state index in [0.717, 1.165) is 4.90 Å². The second-order valence-corrected chi connectivity index (χ2v) is 6.50. The molecular weight excluding hydrogens is 317 g/mol. The van der Waals surface area contributed by atoms with Crippen molar-refractivity contribution < 1.29 is 14.4 Å². The van der Waals surface area contributed by atoms with Crippen LogP contribution in [0, 0.1) is 5.92 Å². The Hall–Kier alpha value is -1.53. The average molecular weight is 332 g/mol. The molecule has 8 heteroatoms. The number of rotatable bonds is 2. The topological polar surface area (TPSA) is 83.7 Å². The molecule has 6 nitrogen and oxygen atoms in total. The van der Waals surface area contributed by atoms with Crippen molar-refractivity contribution in [3.63, 3.8) is 0 Å². The van der Waals surface area contributed by atoms with Crippen LogP contribution in [0.3, 0.4) is 0 Å². The molecule has 1 atom stereocenters. The maximum Gasteiger partial charge on any atom is 0.339 e. The van der Waals surface area contributed by atoms with Crippen molar-refractivity contribution in [1.82, 2.24) is 9.80 Å². The van der Waals surface area contributed by atoms with Gasteiger partial charge in [-0.3, -0.25) is 4.79 Å². The number of imide groups is 2. The molecule has 0 aromatic carbocycles. The number of hydrogen-bond acceptors (Lipinski definition) is 3. The number of hydrogen-bond donors (Lipinski definition) is 1. The maximum atomic E-state index is 12.1. The molecule has 1 saturated heterocycles. The minimum Gasteiger partial charge on any atom is -0.351 e. The fraction of sp³-hybridized carbons (Fsp3) is 0.462. The molecule has 0 spiro atoms. The molecule has 1 fully saturated rings. The van der Waals surface area contributed by atoms with E-state index in [1.54, 1.807) is 6.08 Å². The van der Waals surface area contributed by atoms with Gasteiger partial charge in [0.15, 0.2) is 0 Å². The molecule has 0 aromatic heterocycles. The lowest BCUT2D eigenvalue weighted by Crippen LogP contribution is -2.41. The predicted octanol–water partition coefficient (Wildman–Crippen LogP) is 2.37. The van der Waals surface area contributed by atoms with Crippen LogP contribution in [-0.2, 0) is 4.79 Å². The summed E-state index contributed by atoms with van der Waals surface area (Å²) in [7, 11) is 0. The zero-order valence-electron chi connectivity index (χ0n) is 11.6. The predicted molar refractivity (Wildman–Crippen MR) is 78.6 cm³/mol. The third kappa shape index (κ3) is 2.78. The Morgan fingerprint density at radius 2 is 2.05 bits per heavy atom. The van der Waals surface area contributed by atoms with Gasteiger partial charge in [0.2, 0.25) is 0 Å². The fourth-order valence-corrected chi connectivity index (χ4v) is 2.91. The second kappa shape index (κ2) is 5.35. The molecule has 0 aromatic rings. The van der Waals surface area contributed by atoms with E-state index >= 15 is 0 Å². The number of urea groups is 2. The quantitative estimate of drug-likeness (QED) is 0.622. The summed E-state index contributed by atoms with van der Waals surface area (Å²) in [5.74, 6) is -0.490. The van der Waals surface area contributed by atoms with Gasteiger partial charge >= 0.3 is 12.1 Å². The Morgan fingerprint density at radius 3 is 2.52 bits per heavy atom. The largest absolute Gasteiger partial charge is 0.351 e. The van der Waals surface area contributed by atoms with Crippen LogP contribution in [0.1, 0.15) is 20.3 Å². The average Bonchev–Trinajstić information content (AvgIpc) is 2.63. The summed E-state index contributed by atoms with van der Waals surface area (Å²) in [4.78, 5) is 36.1. The SMILES string of the molecule is CC(C)C1(Cl)C=C(Cl)C=C(N2C(=O)CN(C(N)=O)C2=O)C1. The maximum absolute atomic E-state index is 12.1. The Bertz CT molecular complexity index is 585. The number of primary amides is 1. The van der Waals surface area contributed by atoms with E-state index in [4.69, 9.17) is 28.9 Å². The van der Waals surface area contributed by atoms with Gasteiger partial charge in [0, 0.05) is 17.2 Å². The summed E-state index contributed by atoms with van der Waals surface area (Å²) in [6, 6.07) is -1.73. The van der Waals surface area contributed by atoms with E-state index < -0.39 is 22.8 Å². The highest BCUT2D eigenvalue weighted by atomic mass is 35.5. The van der Waals surface area contributed by atoms with Crippen molar-refractivity contribution in [2.45, 2.75) is 25.1 Å². The third-order valence-corrected chi connectivity index (χ3v) is 4.51. The van der Waals surface area contributed by atoms with Crippen LogP contribution >= 0.6 is 23.2 Å². The summed E-state index contributed by atoms with van der Waals surface area (Å²) in [5.41, 5.74) is 5.44. The number of alkyl halides is 1. The lowest BCUT2D eigenvalue weighted by molar-refractivity contribution is -0.124. The fourth-order valence-electron chi connectivity index (χ4n) is 2.28. The number of nitrogens with zero attached hydrogens (tertiary/aromatic N) is 2. The van der Waals surface area contributed by atoms with Gasteiger partial charge in [0.1, 0.15) is 6.54 Å². The molecule has 5 amide bonds. The van der Waals surface area contributed by atoms with Crippen LogP contribution in [0.5, 0.6) is 0 Å². The molecular formula is C13H15Cl2N3O3. The van der Waals surface area contributed by atoms with Crippen LogP contribution in [0.15, 0.2) is 22.9 Å². The van der Waals surface area contributed by atoms with Gasteiger partial charge in [-0.2, -0.15) is 0 Å². The lowest BCUT2D eigenvalue weighted by Gasteiger charge is -2.34. The van der Waals surface area contributed by atoms with Gasteiger partial charge in [0.05, 0.1) is 4.87 Å². The number of carbonyl (C=O) groups is 3. The van der Waals surface area contributed by atoms with Crippen LogP contribution < -0.4 is 5.73 Å². The monoisotopic (exact) mass is 331 g/mol. The van der Waals surface area contributed by atoms with Gasteiger partial charge in [-0.05, 0) is 18.1 Å². The second-order valence-electron chi connectivity index (χ2n) is 5.36. The first-order valence-corrected chi connectivity index (χ1v) is 7.13. The molecule has 21 heavy (non-hydrogen) atoms. The van der Waals surface area contributed by atoms with Crippen molar-refractivity contribution >= 4 is 41.2 Å². The van der Waals surface area contributed by atoms with Gasteiger partial charge < -0.3 is 5.73 Å². The van der Waals surface area contributed by atoms with Crippen LogP contribution in [0.4, 0.5) is 9.59 Å². The summed E-state index contributed by atoms with van der Waals surface area (Å²) in [5, 5.41) is 0.345. The van der Waals surface area contributed by atoms with Crippen molar-refractivity contribution in [1.29, 1.82) is 0 Å². The molecule has 114 valence electrons. The van der Waals surface area contributed by atoms with Crippen LogP contribution in [0.25, 0.3) is 0 Å². The van der Waals surface area contributed by atoms with Crippen molar-refractivity contribution in [3.8, 4) is 0 Å². The van der Waals surface area contributed by atoms with Gasteiger partial charge in [-0.15, -0.1) is 11.6 Å². The Balaban J connectivity index is 2.35. The highest BCUT2D eigenvalue weighted by molar-refractivity contribution is 6.33. The van der Waals surface area contributed by atoms with E-state index in [1.807, 2.05) is 13.8 Å². The van der Waals surface area contributed by atoms with E-state index in [-0.39, 0.29) is 18.9 Å². The molecule has 1 aliphatic carbocycles. The summed E-state index contributed by atoms with van der Waals surface area (Å²) in [6.45, 7) is 3.46. The normalized spacial score (nSPS) is 26.3. The molecule has 0 radical (unpaired) electrons. The van der Waals surface area contributed by atoms with Gasteiger partial charge in [-0.1, -0.05) is 25.4 Å². The molecule has 2 aliphatic rings. The highest BCUT2D eigenvalue weighted by Gasteiger charge is 2.44. The highest BCUT2D eigenvalue weighted by Crippen LogP contribution is 2.41. The molecule has 2 N–H and O–H groups in total. The minimum atomic E-state index is -0.963. The number of carbonyl (C=O) groups excluding carboxylic acids is 3. The van der Waals surface area contributed by atoms with Crippen molar-refractivity contribution in [2.24, 2.45) is 11.7 Å². The van der Waals surface area contributed by atoms with Crippen molar-refractivity contribution in [3.05, 3.63) is 22.9 Å². The summed E-state index contributed by atoms with van der Waals surface area (Å²) < 4.78 is 0. The Kier molecular flexibility index (Phi) is 4.04. The first-order chi connectivity index (χ1) is 9.65. The standard InChI is InChI=1S/C13H15Cl2N3O3/c1-7(2)13(15)4-8(14)3-9(5-13)18-10(19)6-17(11(16)20)12(18)21/h3-4,7H,5-6H2,1-2H3,(H2,16,20). The molecule has 1 unspecified atom stereocenters. The summed E-state index contributed by atoms with van der Waals surface area (Å²) >= 11 is 12.6. The molecule has 1 aliphatic heterocycles. The van der Waals surface area contributed by atoms with Gasteiger partial charge in [-0.25, -0.2) is 19.4 Å². The van der Waals surface area contributed by atoms with E-state index in [1.165, 1.54) is 6.08 Å². The number of nitrogens with two attached hydrogens (primary N) is 1.